The van der Waals surface area contributed by atoms with Gasteiger partial charge < -0.3 is 9.47 Å². The van der Waals surface area contributed by atoms with Crippen molar-refractivity contribution in [3.63, 3.8) is 0 Å². The third-order valence-corrected chi connectivity index (χ3v) is 7.53. The lowest BCUT2D eigenvalue weighted by Gasteiger charge is -2.18. The van der Waals surface area contributed by atoms with E-state index in [-0.39, 0.29) is 17.7 Å². The van der Waals surface area contributed by atoms with E-state index in [4.69, 9.17) is 5.26 Å². The number of hydrogen-bond acceptors (Lipinski definition) is 3. The second-order valence-corrected chi connectivity index (χ2v) is 10.2. The van der Waals surface area contributed by atoms with Crippen LogP contribution in [0.15, 0.2) is 66.7 Å². The number of rotatable bonds is 5. The summed E-state index contributed by atoms with van der Waals surface area (Å²) >= 11 is 0. The van der Waals surface area contributed by atoms with Gasteiger partial charge in [-0.05, 0) is 66.6 Å². The Morgan fingerprint density at radius 3 is 2.24 bits per heavy atom. The number of carbonyl (C=O) groups is 1. The molecule has 1 saturated heterocycles. The summed E-state index contributed by atoms with van der Waals surface area (Å²) in [6, 6.07) is 20.9. The smallest absolute Gasteiger partial charge is 0.342 e. The van der Waals surface area contributed by atoms with Crippen LogP contribution in [0, 0.1) is 23.2 Å². The molecule has 38 heavy (non-hydrogen) atoms. The van der Waals surface area contributed by atoms with E-state index in [1.165, 1.54) is 6.07 Å². The SMILES string of the molecule is N#Cc1ccc(-c2ccc(-c3nc4cc(C(F)(F)F)ccc4n3CC3CCN(C(=O)C4CC4)C3)cc2)cc1. The molecule has 8 heteroatoms. The second-order valence-electron chi connectivity index (χ2n) is 10.2. The largest absolute Gasteiger partial charge is 0.416 e. The Hall–Kier alpha value is -4.12. The summed E-state index contributed by atoms with van der Waals surface area (Å²) in [6.45, 7) is 1.95. The molecule has 1 amide bonds. The normalized spacial score (nSPS) is 17.6. The summed E-state index contributed by atoms with van der Waals surface area (Å²) < 4.78 is 42.3. The molecule has 1 aliphatic heterocycles. The Bertz CT molecular complexity index is 1540. The Morgan fingerprint density at radius 2 is 1.61 bits per heavy atom. The minimum atomic E-state index is -4.45. The molecule has 0 bridgehead atoms. The highest BCUT2D eigenvalue weighted by molar-refractivity contribution is 5.82. The van der Waals surface area contributed by atoms with E-state index in [0.29, 0.717) is 35.5 Å². The van der Waals surface area contributed by atoms with Gasteiger partial charge in [-0.3, -0.25) is 4.79 Å². The highest BCUT2D eigenvalue weighted by atomic mass is 19.4. The predicted molar refractivity (Wildman–Crippen MR) is 138 cm³/mol. The molecule has 192 valence electrons. The summed E-state index contributed by atoms with van der Waals surface area (Å²) in [4.78, 5) is 19.2. The van der Waals surface area contributed by atoms with Crippen molar-refractivity contribution < 1.29 is 18.0 Å². The van der Waals surface area contributed by atoms with Gasteiger partial charge in [0.2, 0.25) is 5.91 Å². The summed E-state index contributed by atoms with van der Waals surface area (Å²) in [5, 5.41) is 9.04. The number of halogens is 3. The average molecular weight is 515 g/mol. The number of fused-ring (bicyclic) bond motifs is 1. The molecular weight excluding hydrogens is 489 g/mol. The molecule has 1 saturated carbocycles. The van der Waals surface area contributed by atoms with E-state index in [0.717, 1.165) is 54.6 Å². The van der Waals surface area contributed by atoms with Crippen molar-refractivity contribution >= 4 is 16.9 Å². The van der Waals surface area contributed by atoms with Crippen LogP contribution in [-0.2, 0) is 17.5 Å². The zero-order valence-corrected chi connectivity index (χ0v) is 20.6. The lowest BCUT2D eigenvalue weighted by Crippen LogP contribution is -2.30. The number of benzene rings is 3. The minimum absolute atomic E-state index is 0.175. The van der Waals surface area contributed by atoms with E-state index in [1.54, 1.807) is 12.1 Å². The molecule has 5 nitrogen and oxygen atoms in total. The Kier molecular flexibility index (Phi) is 5.94. The van der Waals surface area contributed by atoms with Crippen molar-refractivity contribution in [2.75, 3.05) is 13.1 Å². The molecule has 2 heterocycles. The minimum Gasteiger partial charge on any atom is -0.342 e. The van der Waals surface area contributed by atoms with Gasteiger partial charge in [0.1, 0.15) is 5.82 Å². The third kappa shape index (κ3) is 4.65. The van der Waals surface area contributed by atoms with Gasteiger partial charge in [-0.25, -0.2) is 4.98 Å². The van der Waals surface area contributed by atoms with Crippen LogP contribution in [0.4, 0.5) is 13.2 Å². The summed E-state index contributed by atoms with van der Waals surface area (Å²) in [6.07, 6.45) is -1.65. The standard InChI is InChI=1S/C30H25F3N4O/c31-30(32,33)25-11-12-27-26(15-25)35-28(37(27)18-20-13-14-36(17-20)29(38)24-9-10-24)23-7-5-22(6-8-23)21-3-1-19(16-34)2-4-21/h1-8,11-12,15,20,24H,9-10,13-14,17-18H2. The first-order valence-electron chi connectivity index (χ1n) is 12.8. The average Bonchev–Trinajstić information content (AvgIpc) is 3.57. The van der Waals surface area contributed by atoms with Gasteiger partial charge in [-0.2, -0.15) is 18.4 Å². The van der Waals surface area contributed by atoms with Crippen LogP contribution in [0.2, 0.25) is 0 Å². The monoisotopic (exact) mass is 514 g/mol. The van der Waals surface area contributed by atoms with Crippen LogP contribution in [-0.4, -0.2) is 33.4 Å². The molecule has 2 fully saturated rings. The van der Waals surface area contributed by atoms with E-state index >= 15 is 0 Å². The van der Waals surface area contributed by atoms with Crippen LogP contribution in [0.25, 0.3) is 33.5 Å². The van der Waals surface area contributed by atoms with Crippen molar-refractivity contribution in [2.24, 2.45) is 11.8 Å². The van der Waals surface area contributed by atoms with E-state index in [9.17, 15) is 18.0 Å². The lowest BCUT2D eigenvalue weighted by atomic mass is 10.0. The van der Waals surface area contributed by atoms with Gasteiger partial charge in [-0.15, -0.1) is 0 Å². The predicted octanol–water partition coefficient (Wildman–Crippen LogP) is 6.52. The molecular formula is C30H25F3N4O. The fourth-order valence-electron chi connectivity index (χ4n) is 5.29. The molecule has 1 aliphatic carbocycles. The molecule has 2 aliphatic rings. The van der Waals surface area contributed by atoms with Gasteiger partial charge in [0.05, 0.1) is 28.2 Å². The number of imidazole rings is 1. The third-order valence-electron chi connectivity index (χ3n) is 7.53. The zero-order chi connectivity index (χ0) is 26.4. The lowest BCUT2D eigenvalue weighted by molar-refractivity contribution is -0.137. The van der Waals surface area contributed by atoms with Crippen molar-refractivity contribution in [3.8, 4) is 28.6 Å². The van der Waals surface area contributed by atoms with Crippen molar-refractivity contribution in [1.82, 2.24) is 14.5 Å². The van der Waals surface area contributed by atoms with Crippen LogP contribution < -0.4 is 0 Å². The maximum absolute atomic E-state index is 13.4. The van der Waals surface area contributed by atoms with Crippen molar-refractivity contribution in [3.05, 3.63) is 77.9 Å². The zero-order valence-electron chi connectivity index (χ0n) is 20.6. The first-order chi connectivity index (χ1) is 18.3. The number of hydrogen-bond donors (Lipinski definition) is 0. The summed E-state index contributed by atoms with van der Waals surface area (Å²) in [7, 11) is 0. The molecule has 1 atom stereocenters. The molecule has 0 radical (unpaired) electrons. The van der Waals surface area contributed by atoms with E-state index < -0.39 is 11.7 Å². The van der Waals surface area contributed by atoms with Gasteiger partial charge >= 0.3 is 6.18 Å². The van der Waals surface area contributed by atoms with Gasteiger partial charge in [0, 0.05) is 31.1 Å². The Balaban J connectivity index is 1.34. The number of alkyl halides is 3. The van der Waals surface area contributed by atoms with Crippen molar-refractivity contribution in [2.45, 2.75) is 32.0 Å². The topological polar surface area (TPSA) is 61.9 Å². The molecule has 6 rings (SSSR count). The second kappa shape index (κ2) is 9.32. The summed E-state index contributed by atoms with van der Waals surface area (Å²) in [5.41, 5.74) is 3.54. The first kappa shape index (κ1) is 24.2. The number of carbonyl (C=O) groups excluding carboxylic acids is 1. The maximum atomic E-state index is 13.4. The van der Waals surface area contributed by atoms with Gasteiger partial charge in [0.25, 0.3) is 0 Å². The highest BCUT2D eigenvalue weighted by Gasteiger charge is 2.37. The molecule has 0 N–H and O–H groups in total. The number of amides is 1. The van der Waals surface area contributed by atoms with E-state index in [2.05, 4.69) is 11.1 Å². The molecule has 0 spiro atoms. The van der Waals surface area contributed by atoms with Gasteiger partial charge in [0.15, 0.2) is 0 Å². The van der Waals surface area contributed by atoms with Crippen LogP contribution in [0.1, 0.15) is 30.4 Å². The quantitative estimate of drug-likeness (QED) is 0.305. The maximum Gasteiger partial charge on any atom is 0.416 e. The van der Waals surface area contributed by atoms with Gasteiger partial charge in [-0.1, -0.05) is 36.4 Å². The number of nitriles is 1. The van der Waals surface area contributed by atoms with Crippen molar-refractivity contribution in [1.29, 1.82) is 5.26 Å². The molecule has 3 aromatic carbocycles. The highest BCUT2D eigenvalue weighted by Crippen LogP contribution is 2.36. The number of likely N-dealkylation sites (tertiary alicyclic amines) is 1. The Labute approximate surface area is 218 Å². The van der Waals surface area contributed by atoms with Crippen LogP contribution in [0.5, 0.6) is 0 Å². The van der Waals surface area contributed by atoms with Crippen LogP contribution in [0.3, 0.4) is 0 Å². The summed E-state index contributed by atoms with van der Waals surface area (Å²) in [5.74, 6) is 1.22. The molecule has 4 aromatic rings. The fraction of sp³-hybridized carbons (Fsp3) is 0.300. The molecule has 1 unspecified atom stereocenters. The van der Waals surface area contributed by atoms with E-state index in [1.807, 2.05) is 45.9 Å². The van der Waals surface area contributed by atoms with Crippen LogP contribution >= 0.6 is 0 Å². The molecule has 1 aromatic heterocycles. The first-order valence-corrected chi connectivity index (χ1v) is 12.8. The Morgan fingerprint density at radius 1 is 0.947 bits per heavy atom. The fourth-order valence-corrected chi connectivity index (χ4v) is 5.29. The number of nitrogens with zero attached hydrogens (tertiary/aromatic N) is 4. The number of aromatic nitrogens is 2.